The third-order valence-corrected chi connectivity index (χ3v) is 1.44. The molecule has 6 heteroatoms. The van der Waals surface area contributed by atoms with Crippen LogP contribution in [-0.4, -0.2) is 20.8 Å². The van der Waals surface area contributed by atoms with Crippen molar-refractivity contribution in [2.45, 2.75) is 19.9 Å². The van der Waals surface area contributed by atoms with Gasteiger partial charge in [0.1, 0.15) is 17.4 Å². The largest absolute Gasteiger partial charge is 0.740 e. The van der Waals surface area contributed by atoms with E-state index in [1.165, 1.54) is 0 Å². The first-order valence-corrected chi connectivity index (χ1v) is 4.02. The number of rotatable bonds is 3. The van der Waals surface area contributed by atoms with Crippen molar-refractivity contribution in [1.29, 1.82) is 0 Å². The van der Waals surface area contributed by atoms with Gasteiger partial charge < -0.3 is 14.5 Å². The minimum Gasteiger partial charge on any atom is -0.740 e. The number of nitrogens with two attached hydrogens (primary N) is 1. The lowest BCUT2D eigenvalue weighted by Crippen LogP contribution is -2.37. The van der Waals surface area contributed by atoms with Gasteiger partial charge in [0, 0.05) is 0 Å². The molecular weight excluding hydrogens is 170 g/mol. The second-order valence-corrected chi connectivity index (χ2v) is 2.95. The van der Waals surface area contributed by atoms with Gasteiger partial charge in [-0.25, -0.2) is 9.00 Å². The maximum absolute atomic E-state index is 10.7. The Morgan fingerprint density at radius 2 is 2.09 bits per heavy atom. The highest BCUT2D eigenvalue weighted by atomic mass is 32.2. The minimum absolute atomic E-state index is 0.133. The van der Waals surface area contributed by atoms with Crippen LogP contribution >= 0.6 is 0 Å². The summed E-state index contributed by atoms with van der Waals surface area (Å²) in [6.07, 6.45) is 0. The molecule has 11 heavy (non-hydrogen) atoms. The monoisotopic (exact) mass is 180 g/mol. The zero-order chi connectivity index (χ0) is 9.02. The van der Waals surface area contributed by atoms with Crippen LogP contribution in [0, 0.1) is 5.92 Å². The normalized spacial score (nSPS) is 16.1. The molecule has 0 aliphatic rings. The molecule has 0 saturated heterocycles. The van der Waals surface area contributed by atoms with E-state index >= 15 is 0 Å². The average molecular weight is 180 g/mol. The summed E-state index contributed by atoms with van der Waals surface area (Å²) < 4.78 is 23.5. The van der Waals surface area contributed by atoms with E-state index in [1.807, 2.05) is 0 Å². The van der Waals surface area contributed by atoms with Gasteiger partial charge in [-0.1, -0.05) is 13.8 Å². The zero-order valence-electron chi connectivity index (χ0n) is 6.27. The van der Waals surface area contributed by atoms with E-state index in [1.54, 1.807) is 13.8 Å². The van der Waals surface area contributed by atoms with Gasteiger partial charge in [-0.3, -0.25) is 0 Å². The summed E-state index contributed by atoms with van der Waals surface area (Å²) in [5.41, 5.74) is 5.26. The van der Waals surface area contributed by atoms with Crippen molar-refractivity contribution >= 4 is 17.3 Å². The number of carbonyl (C=O) groups excluding carboxylic acids is 1. The fourth-order valence-electron chi connectivity index (χ4n) is 0.395. The van der Waals surface area contributed by atoms with Crippen LogP contribution in [0.15, 0.2) is 0 Å². The van der Waals surface area contributed by atoms with Crippen molar-refractivity contribution in [3.05, 3.63) is 0 Å². The molecule has 2 atom stereocenters. The molecule has 0 aliphatic carbocycles. The van der Waals surface area contributed by atoms with Crippen molar-refractivity contribution in [1.82, 2.24) is 0 Å². The second-order valence-electron chi connectivity index (χ2n) is 2.38. The van der Waals surface area contributed by atoms with Crippen LogP contribution in [0.1, 0.15) is 13.8 Å². The SMILES string of the molecule is CC(C)[C@H](N)C(=O)OS(=O)[O-]. The Balaban J connectivity index is 3.93. The third kappa shape index (κ3) is 4.07. The second kappa shape index (κ2) is 4.42. The van der Waals surface area contributed by atoms with E-state index in [4.69, 9.17) is 5.73 Å². The highest BCUT2D eigenvalue weighted by Gasteiger charge is 2.18. The van der Waals surface area contributed by atoms with E-state index < -0.39 is 23.4 Å². The van der Waals surface area contributed by atoms with Crippen LogP contribution in [0.5, 0.6) is 0 Å². The summed E-state index contributed by atoms with van der Waals surface area (Å²) in [5.74, 6) is -1.06. The van der Waals surface area contributed by atoms with Crippen molar-refractivity contribution in [3.8, 4) is 0 Å². The quantitative estimate of drug-likeness (QED) is 0.580. The molecule has 0 spiro atoms. The summed E-state index contributed by atoms with van der Waals surface area (Å²) in [5, 5.41) is 0. The van der Waals surface area contributed by atoms with E-state index in [-0.39, 0.29) is 5.92 Å². The van der Waals surface area contributed by atoms with Gasteiger partial charge in [-0.05, 0) is 5.92 Å². The molecule has 0 bridgehead atoms. The summed E-state index contributed by atoms with van der Waals surface area (Å²) in [4.78, 5) is 10.7. The van der Waals surface area contributed by atoms with E-state index in [9.17, 15) is 13.6 Å². The van der Waals surface area contributed by atoms with Crippen molar-refractivity contribution in [2.75, 3.05) is 0 Å². The highest BCUT2D eigenvalue weighted by molar-refractivity contribution is 7.74. The Kier molecular flexibility index (Phi) is 4.24. The molecule has 0 amide bonds. The summed E-state index contributed by atoms with van der Waals surface area (Å²) in [7, 11) is 0. The smallest absolute Gasteiger partial charge is 0.336 e. The number of carbonyl (C=O) groups is 1. The Bertz CT molecular complexity index is 170. The molecule has 0 aromatic heterocycles. The van der Waals surface area contributed by atoms with Crippen LogP contribution < -0.4 is 5.73 Å². The average Bonchev–Trinajstić information content (AvgIpc) is 1.84. The van der Waals surface area contributed by atoms with Crippen LogP contribution in [0.25, 0.3) is 0 Å². The van der Waals surface area contributed by atoms with Gasteiger partial charge in [0.05, 0.1) is 0 Å². The first-order chi connectivity index (χ1) is 4.95. The Morgan fingerprint density at radius 1 is 1.64 bits per heavy atom. The van der Waals surface area contributed by atoms with Gasteiger partial charge >= 0.3 is 5.97 Å². The van der Waals surface area contributed by atoms with E-state index in [0.29, 0.717) is 0 Å². The van der Waals surface area contributed by atoms with Gasteiger partial charge in [0.25, 0.3) is 0 Å². The van der Waals surface area contributed by atoms with Crippen LogP contribution in [0.4, 0.5) is 0 Å². The van der Waals surface area contributed by atoms with Crippen molar-refractivity contribution < 1.29 is 17.7 Å². The van der Waals surface area contributed by atoms with Gasteiger partial charge in [-0.2, -0.15) is 0 Å². The van der Waals surface area contributed by atoms with Crippen molar-refractivity contribution in [2.24, 2.45) is 11.7 Å². The minimum atomic E-state index is -2.81. The van der Waals surface area contributed by atoms with Crippen molar-refractivity contribution in [3.63, 3.8) is 0 Å². The predicted octanol–water partition coefficient (Wildman–Crippen LogP) is -0.693. The fraction of sp³-hybridized carbons (Fsp3) is 0.800. The molecule has 2 N–H and O–H groups in total. The van der Waals surface area contributed by atoms with Gasteiger partial charge in [-0.15, -0.1) is 0 Å². The lowest BCUT2D eigenvalue weighted by Gasteiger charge is -2.14. The molecule has 0 aliphatic heterocycles. The molecule has 0 saturated carbocycles. The van der Waals surface area contributed by atoms with Gasteiger partial charge in [0.15, 0.2) is 0 Å². The first kappa shape index (κ1) is 10.5. The summed E-state index contributed by atoms with van der Waals surface area (Å²) >= 11 is -2.81. The Morgan fingerprint density at radius 3 is 2.36 bits per heavy atom. The molecule has 0 aromatic carbocycles. The maximum Gasteiger partial charge on any atom is 0.336 e. The molecule has 0 radical (unpaired) electrons. The lowest BCUT2D eigenvalue weighted by molar-refractivity contribution is -0.136. The summed E-state index contributed by atoms with van der Waals surface area (Å²) in [6.45, 7) is 3.39. The molecule has 5 nitrogen and oxygen atoms in total. The molecule has 66 valence electrons. The lowest BCUT2D eigenvalue weighted by atomic mass is 10.1. The Hall–Kier alpha value is -0.460. The predicted molar refractivity (Wildman–Crippen MR) is 37.8 cm³/mol. The maximum atomic E-state index is 10.7. The number of hydrogen-bond acceptors (Lipinski definition) is 5. The first-order valence-electron chi connectivity index (χ1n) is 3.02. The standard InChI is InChI=1S/C5H11NO4S/c1-3(2)4(6)5(7)10-11(8)9/h3-4H,6H2,1-2H3,(H,8,9)/p-1/t4-/m0/s1. The molecule has 0 heterocycles. The van der Waals surface area contributed by atoms with E-state index in [2.05, 4.69) is 4.18 Å². The molecule has 0 fully saturated rings. The molecular formula is C5H10NO4S-. The highest BCUT2D eigenvalue weighted by Crippen LogP contribution is 2.00. The molecule has 0 rings (SSSR count). The number of hydrogen-bond donors (Lipinski definition) is 1. The Labute approximate surface area is 67.4 Å². The summed E-state index contributed by atoms with van der Waals surface area (Å²) in [6, 6.07) is -0.882. The van der Waals surface area contributed by atoms with Gasteiger partial charge in [0.2, 0.25) is 0 Å². The molecule has 0 aromatic rings. The zero-order valence-corrected chi connectivity index (χ0v) is 7.09. The topological polar surface area (TPSA) is 92.5 Å². The molecule has 1 unspecified atom stereocenters. The fourth-order valence-corrected chi connectivity index (χ4v) is 0.640. The third-order valence-electron chi connectivity index (χ3n) is 1.14. The van der Waals surface area contributed by atoms with Crippen LogP contribution in [0.3, 0.4) is 0 Å². The van der Waals surface area contributed by atoms with Crippen LogP contribution in [-0.2, 0) is 20.3 Å². The van der Waals surface area contributed by atoms with E-state index in [0.717, 1.165) is 0 Å². The van der Waals surface area contributed by atoms with Crippen LogP contribution in [0.2, 0.25) is 0 Å².